The van der Waals surface area contributed by atoms with Gasteiger partial charge in [0, 0.05) is 5.56 Å². The monoisotopic (exact) mass is 164 g/mol. The zero-order valence-corrected chi connectivity index (χ0v) is 6.24. The summed E-state index contributed by atoms with van der Waals surface area (Å²) in [7, 11) is 0. The van der Waals surface area contributed by atoms with Gasteiger partial charge in [0.2, 0.25) is 6.35 Å². The number of carbonyl (C=O) groups excluding carboxylic acids is 1. The number of carbonyl (C=O) groups is 1. The van der Waals surface area contributed by atoms with Crippen molar-refractivity contribution in [2.75, 3.05) is 10.6 Å². The van der Waals surface area contributed by atoms with E-state index in [2.05, 4.69) is 10.6 Å². The van der Waals surface area contributed by atoms with Gasteiger partial charge in [0.1, 0.15) is 6.29 Å². The highest BCUT2D eigenvalue weighted by Crippen LogP contribution is 2.28. The Morgan fingerprint density at radius 1 is 1.33 bits per heavy atom. The summed E-state index contributed by atoms with van der Waals surface area (Å²) in [5, 5.41) is 14.6. The standard InChI is InChI=1S/C8H8N2O2/c11-4-5-1-2-6-7(3-5)10-8(12)9-6/h1-4,8-10,12H. The Labute approximate surface area is 69.2 Å². The molecule has 0 amide bonds. The van der Waals surface area contributed by atoms with Crippen LogP contribution in [0.15, 0.2) is 18.2 Å². The maximum absolute atomic E-state index is 10.4. The van der Waals surface area contributed by atoms with Gasteiger partial charge in [-0.1, -0.05) is 0 Å². The minimum absolute atomic E-state index is 0.595. The van der Waals surface area contributed by atoms with Gasteiger partial charge >= 0.3 is 0 Å². The van der Waals surface area contributed by atoms with Crippen LogP contribution in [0.1, 0.15) is 10.4 Å². The van der Waals surface area contributed by atoms with Crippen molar-refractivity contribution in [1.29, 1.82) is 0 Å². The van der Waals surface area contributed by atoms with E-state index in [4.69, 9.17) is 5.11 Å². The summed E-state index contributed by atoms with van der Waals surface area (Å²) in [6.07, 6.45) is 0.0223. The summed E-state index contributed by atoms with van der Waals surface area (Å²) in [6, 6.07) is 5.13. The molecule has 1 aliphatic heterocycles. The van der Waals surface area contributed by atoms with Crippen molar-refractivity contribution in [3.05, 3.63) is 23.8 Å². The van der Waals surface area contributed by atoms with Gasteiger partial charge in [-0.05, 0) is 18.2 Å². The third kappa shape index (κ3) is 1.02. The number of benzene rings is 1. The second-order valence-corrected chi connectivity index (χ2v) is 2.61. The van der Waals surface area contributed by atoms with Gasteiger partial charge in [-0.15, -0.1) is 0 Å². The summed E-state index contributed by atoms with van der Waals surface area (Å²) in [5.74, 6) is 0. The minimum atomic E-state index is -0.748. The van der Waals surface area contributed by atoms with Crippen molar-refractivity contribution < 1.29 is 9.90 Å². The molecule has 0 spiro atoms. The normalized spacial score (nSPS) is 19.2. The molecule has 0 fully saturated rings. The van der Waals surface area contributed by atoms with Crippen LogP contribution in [0.4, 0.5) is 11.4 Å². The van der Waals surface area contributed by atoms with Gasteiger partial charge in [0.15, 0.2) is 0 Å². The second kappa shape index (κ2) is 2.49. The van der Waals surface area contributed by atoms with Crippen LogP contribution >= 0.6 is 0 Å². The molecule has 12 heavy (non-hydrogen) atoms. The van der Waals surface area contributed by atoms with Crippen molar-refractivity contribution >= 4 is 17.7 Å². The Balaban J connectivity index is 2.41. The molecule has 1 atom stereocenters. The van der Waals surface area contributed by atoms with Crippen molar-refractivity contribution in [2.45, 2.75) is 6.35 Å². The number of hydrogen-bond acceptors (Lipinski definition) is 4. The first-order valence-electron chi connectivity index (χ1n) is 3.60. The first-order valence-corrected chi connectivity index (χ1v) is 3.60. The maximum atomic E-state index is 10.4. The maximum Gasteiger partial charge on any atom is 0.202 e. The third-order valence-corrected chi connectivity index (χ3v) is 1.76. The summed E-state index contributed by atoms with van der Waals surface area (Å²) >= 11 is 0. The minimum Gasteiger partial charge on any atom is -0.357 e. The predicted octanol–water partition coefficient (Wildman–Crippen LogP) is 0.612. The van der Waals surface area contributed by atoms with Crippen LogP contribution in [0.25, 0.3) is 0 Å². The molecule has 2 rings (SSSR count). The summed E-state index contributed by atoms with van der Waals surface area (Å²) in [5.41, 5.74) is 2.16. The fraction of sp³-hybridized carbons (Fsp3) is 0.125. The number of anilines is 2. The fourth-order valence-corrected chi connectivity index (χ4v) is 1.21. The molecule has 0 saturated carbocycles. The molecule has 1 heterocycles. The number of hydrogen-bond donors (Lipinski definition) is 3. The topological polar surface area (TPSA) is 61.4 Å². The van der Waals surface area contributed by atoms with Crippen molar-refractivity contribution in [1.82, 2.24) is 0 Å². The average Bonchev–Trinajstić information content (AvgIpc) is 2.43. The molecule has 1 aromatic carbocycles. The highest BCUT2D eigenvalue weighted by Gasteiger charge is 2.15. The molecule has 0 radical (unpaired) electrons. The van der Waals surface area contributed by atoms with E-state index in [-0.39, 0.29) is 0 Å². The molecule has 4 heteroatoms. The van der Waals surface area contributed by atoms with E-state index < -0.39 is 6.35 Å². The predicted molar refractivity (Wildman–Crippen MR) is 45.1 cm³/mol. The third-order valence-electron chi connectivity index (χ3n) is 1.76. The first kappa shape index (κ1) is 7.12. The number of nitrogens with one attached hydrogen (secondary N) is 2. The van der Waals surface area contributed by atoms with Crippen LogP contribution in [-0.2, 0) is 0 Å². The van der Waals surface area contributed by atoms with E-state index in [0.29, 0.717) is 5.56 Å². The van der Waals surface area contributed by atoms with Crippen molar-refractivity contribution in [3.8, 4) is 0 Å². The highest BCUT2D eigenvalue weighted by atomic mass is 16.3. The number of aliphatic hydroxyl groups is 1. The van der Waals surface area contributed by atoms with Gasteiger partial charge < -0.3 is 15.7 Å². The van der Waals surface area contributed by atoms with Crippen LogP contribution in [0.2, 0.25) is 0 Å². The Morgan fingerprint density at radius 2 is 2.08 bits per heavy atom. The lowest BCUT2D eigenvalue weighted by Crippen LogP contribution is -2.20. The van der Waals surface area contributed by atoms with Crippen LogP contribution in [-0.4, -0.2) is 17.7 Å². The van der Waals surface area contributed by atoms with Crippen LogP contribution in [0.5, 0.6) is 0 Å². The van der Waals surface area contributed by atoms with E-state index in [1.54, 1.807) is 18.2 Å². The van der Waals surface area contributed by atoms with E-state index in [9.17, 15) is 4.79 Å². The summed E-state index contributed by atoms with van der Waals surface area (Å²) in [6.45, 7) is 0. The van der Waals surface area contributed by atoms with E-state index in [1.165, 1.54) is 0 Å². The molecule has 62 valence electrons. The van der Waals surface area contributed by atoms with Crippen LogP contribution in [0.3, 0.4) is 0 Å². The van der Waals surface area contributed by atoms with Gasteiger partial charge in [-0.25, -0.2) is 0 Å². The molecule has 4 nitrogen and oxygen atoms in total. The zero-order valence-electron chi connectivity index (χ0n) is 6.24. The fourth-order valence-electron chi connectivity index (χ4n) is 1.21. The second-order valence-electron chi connectivity index (χ2n) is 2.61. The molecule has 3 N–H and O–H groups in total. The number of aliphatic hydroxyl groups excluding tert-OH is 1. The summed E-state index contributed by atoms with van der Waals surface area (Å²) < 4.78 is 0. The first-order chi connectivity index (χ1) is 5.79. The smallest absolute Gasteiger partial charge is 0.202 e. The van der Waals surface area contributed by atoms with Crippen molar-refractivity contribution in [2.24, 2.45) is 0 Å². The summed E-state index contributed by atoms with van der Waals surface area (Å²) in [4.78, 5) is 10.4. The Hall–Kier alpha value is -1.55. The van der Waals surface area contributed by atoms with E-state index in [1.807, 2.05) is 0 Å². The largest absolute Gasteiger partial charge is 0.357 e. The molecular formula is C8H8N2O2. The van der Waals surface area contributed by atoms with Crippen LogP contribution < -0.4 is 10.6 Å². The molecule has 1 unspecified atom stereocenters. The van der Waals surface area contributed by atoms with Gasteiger partial charge in [0.25, 0.3) is 0 Å². The van der Waals surface area contributed by atoms with E-state index in [0.717, 1.165) is 17.7 Å². The number of aldehydes is 1. The van der Waals surface area contributed by atoms with Crippen LogP contribution in [0, 0.1) is 0 Å². The molecule has 0 aliphatic carbocycles. The van der Waals surface area contributed by atoms with E-state index >= 15 is 0 Å². The molecular weight excluding hydrogens is 156 g/mol. The highest BCUT2D eigenvalue weighted by molar-refractivity contribution is 5.83. The molecule has 0 aromatic heterocycles. The van der Waals surface area contributed by atoms with Gasteiger partial charge in [-0.3, -0.25) is 4.79 Å². The lowest BCUT2D eigenvalue weighted by molar-refractivity contribution is 0.112. The Bertz CT molecular complexity index is 325. The molecule has 0 saturated heterocycles. The Morgan fingerprint density at radius 3 is 2.83 bits per heavy atom. The quantitative estimate of drug-likeness (QED) is 0.532. The average molecular weight is 164 g/mol. The van der Waals surface area contributed by atoms with Crippen molar-refractivity contribution in [3.63, 3.8) is 0 Å². The van der Waals surface area contributed by atoms with Gasteiger partial charge in [0.05, 0.1) is 11.4 Å². The Kier molecular flexibility index (Phi) is 1.48. The number of rotatable bonds is 1. The lowest BCUT2D eigenvalue weighted by atomic mass is 10.2. The zero-order chi connectivity index (χ0) is 8.55. The number of fused-ring (bicyclic) bond motifs is 1. The lowest BCUT2D eigenvalue weighted by Gasteiger charge is -2.00. The molecule has 0 bridgehead atoms. The molecule has 1 aromatic rings. The molecule has 1 aliphatic rings. The van der Waals surface area contributed by atoms with Gasteiger partial charge in [-0.2, -0.15) is 0 Å². The SMILES string of the molecule is O=Cc1ccc2c(c1)NC(O)N2.